The van der Waals surface area contributed by atoms with Crippen LogP contribution in [0.5, 0.6) is 0 Å². The molecule has 0 radical (unpaired) electrons. The van der Waals surface area contributed by atoms with E-state index in [0.29, 0.717) is 11.1 Å². The van der Waals surface area contributed by atoms with Crippen LogP contribution in [0.4, 0.5) is 0 Å². The first-order valence-electron chi connectivity index (χ1n) is 8.80. The first-order chi connectivity index (χ1) is 12.8. The Morgan fingerprint density at radius 1 is 0.778 bits per heavy atom. The van der Waals surface area contributed by atoms with Gasteiger partial charge in [-0.1, -0.05) is 51.1 Å². The Hall–Kier alpha value is -3.15. The van der Waals surface area contributed by atoms with Crippen LogP contribution in [0, 0.1) is 0 Å². The summed E-state index contributed by atoms with van der Waals surface area (Å²) in [6.45, 7) is 6.50. The van der Waals surface area contributed by atoms with E-state index in [2.05, 4.69) is 36.9 Å². The third-order valence-corrected chi connectivity index (χ3v) is 4.00. The van der Waals surface area contributed by atoms with Crippen molar-refractivity contribution in [3.8, 4) is 0 Å². The van der Waals surface area contributed by atoms with Crippen LogP contribution in [-0.2, 0) is 10.2 Å². The fourth-order valence-electron chi connectivity index (χ4n) is 2.36. The maximum absolute atomic E-state index is 12.1. The van der Waals surface area contributed by atoms with Gasteiger partial charge in [0.05, 0.1) is 0 Å². The lowest BCUT2D eigenvalue weighted by Gasteiger charge is -2.19. The summed E-state index contributed by atoms with van der Waals surface area (Å²) >= 11 is 0. The molecule has 3 amide bonds. The second-order valence-corrected chi connectivity index (χ2v) is 7.20. The predicted octanol–water partition coefficient (Wildman–Crippen LogP) is 2.57. The van der Waals surface area contributed by atoms with Crippen molar-refractivity contribution in [3.63, 3.8) is 0 Å². The van der Waals surface area contributed by atoms with E-state index >= 15 is 0 Å². The summed E-state index contributed by atoms with van der Waals surface area (Å²) in [5, 5.41) is 2.69. The summed E-state index contributed by atoms with van der Waals surface area (Å²) in [5.74, 6) is -1.02. The SMILES string of the molecule is CC(C)(C)c1ccc(C(=O)NCCC(=O)NNC(=O)c2ccccc2)cc1. The van der Waals surface area contributed by atoms with E-state index in [1.807, 2.05) is 12.1 Å². The number of hydrazine groups is 1. The van der Waals surface area contributed by atoms with Gasteiger partial charge in [0.15, 0.2) is 0 Å². The fourth-order valence-corrected chi connectivity index (χ4v) is 2.36. The molecule has 0 spiro atoms. The Morgan fingerprint density at radius 2 is 1.37 bits per heavy atom. The molecule has 0 atom stereocenters. The van der Waals surface area contributed by atoms with Crippen LogP contribution in [0.15, 0.2) is 54.6 Å². The van der Waals surface area contributed by atoms with Gasteiger partial charge in [0.1, 0.15) is 0 Å². The molecule has 27 heavy (non-hydrogen) atoms. The molecular formula is C21H25N3O3. The number of rotatable bonds is 5. The van der Waals surface area contributed by atoms with Crippen molar-refractivity contribution in [1.29, 1.82) is 0 Å². The summed E-state index contributed by atoms with van der Waals surface area (Å²) in [5.41, 5.74) is 6.83. The molecule has 0 saturated heterocycles. The number of hydrogen-bond acceptors (Lipinski definition) is 3. The highest BCUT2D eigenvalue weighted by Gasteiger charge is 2.14. The highest BCUT2D eigenvalue weighted by Crippen LogP contribution is 2.22. The molecule has 0 heterocycles. The minimum absolute atomic E-state index is 0.0251. The van der Waals surface area contributed by atoms with Crippen molar-refractivity contribution >= 4 is 17.7 Å². The van der Waals surface area contributed by atoms with E-state index in [-0.39, 0.29) is 30.2 Å². The van der Waals surface area contributed by atoms with E-state index in [4.69, 9.17) is 0 Å². The topological polar surface area (TPSA) is 87.3 Å². The Bertz CT molecular complexity index is 794. The number of carbonyl (C=O) groups excluding carboxylic acids is 3. The van der Waals surface area contributed by atoms with Gasteiger partial charge in [-0.15, -0.1) is 0 Å². The predicted molar refractivity (Wildman–Crippen MR) is 104 cm³/mol. The standard InChI is InChI=1S/C21H25N3O3/c1-21(2,3)17-11-9-16(10-12-17)19(26)22-14-13-18(25)23-24-20(27)15-7-5-4-6-8-15/h4-12H,13-14H2,1-3H3,(H,22,26)(H,23,25)(H,24,27). The van der Waals surface area contributed by atoms with Crippen LogP contribution in [0.3, 0.4) is 0 Å². The van der Waals surface area contributed by atoms with Crippen molar-refractivity contribution < 1.29 is 14.4 Å². The zero-order valence-electron chi connectivity index (χ0n) is 15.8. The van der Waals surface area contributed by atoms with E-state index in [1.165, 1.54) is 0 Å². The molecule has 2 aromatic rings. The van der Waals surface area contributed by atoms with Crippen LogP contribution in [0.2, 0.25) is 0 Å². The molecule has 0 fully saturated rings. The summed E-state index contributed by atoms with van der Waals surface area (Å²) in [7, 11) is 0. The highest BCUT2D eigenvalue weighted by molar-refractivity contribution is 5.96. The molecule has 0 aliphatic heterocycles. The van der Waals surface area contributed by atoms with Gasteiger partial charge in [-0.2, -0.15) is 0 Å². The molecular weight excluding hydrogens is 342 g/mol. The van der Waals surface area contributed by atoms with E-state index < -0.39 is 5.91 Å². The Balaban J connectivity index is 1.73. The number of nitrogens with one attached hydrogen (secondary N) is 3. The van der Waals surface area contributed by atoms with Gasteiger partial charge in [-0.05, 0) is 35.2 Å². The first kappa shape index (κ1) is 20.2. The summed E-state index contributed by atoms with van der Waals surface area (Å²) in [6.07, 6.45) is 0.0564. The van der Waals surface area contributed by atoms with Gasteiger partial charge < -0.3 is 5.32 Å². The van der Waals surface area contributed by atoms with Crippen molar-refractivity contribution in [2.45, 2.75) is 32.6 Å². The van der Waals surface area contributed by atoms with Crippen molar-refractivity contribution in [2.75, 3.05) is 6.54 Å². The number of amides is 3. The third kappa shape index (κ3) is 6.26. The first-order valence-corrected chi connectivity index (χ1v) is 8.80. The lowest BCUT2D eigenvalue weighted by molar-refractivity contribution is -0.121. The van der Waals surface area contributed by atoms with Crippen molar-refractivity contribution in [2.24, 2.45) is 0 Å². The lowest BCUT2D eigenvalue weighted by atomic mass is 9.87. The van der Waals surface area contributed by atoms with Crippen molar-refractivity contribution in [3.05, 3.63) is 71.3 Å². The molecule has 6 heteroatoms. The normalized spacial score (nSPS) is 10.8. The maximum atomic E-state index is 12.1. The smallest absolute Gasteiger partial charge is 0.269 e. The van der Waals surface area contributed by atoms with Gasteiger partial charge in [0.2, 0.25) is 5.91 Å². The molecule has 6 nitrogen and oxygen atoms in total. The Morgan fingerprint density at radius 3 is 1.96 bits per heavy atom. The zero-order valence-corrected chi connectivity index (χ0v) is 15.8. The van der Waals surface area contributed by atoms with E-state index in [0.717, 1.165) is 5.56 Å². The molecule has 142 valence electrons. The quantitative estimate of drug-likeness (QED) is 0.710. The van der Waals surface area contributed by atoms with Crippen LogP contribution >= 0.6 is 0 Å². The van der Waals surface area contributed by atoms with E-state index in [1.54, 1.807) is 42.5 Å². The second-order valence-electron chi connectivity index (χ2n) is 7.20. The lowest BCUT2D eigenvalue weighted by Crippen LogP contribution is -2.42. The molecule has 0 unspecified atom stereocenters. The fraction of sp³-hybridized carbons (Fsp3) is 0.286. The van der Waals surface area contributed by atoms with Crippen LogP contribution in [0.1, 0.15) is 53.5 Å². The number of benzene rings is 2. The molecule has 0 aliphatic rings. The molecule has 0 saturated carbocycles. The van der Waals surface area contributed by atoms with Gasteiger partial charge in [-0.3, -0.25) is 25.2 Å². The molecule has 2 aromatic carbocycles. The van der Waals surface area contributed by atoms with Gasteiger partial charge in [-0.25, -0.2) is 0 Å². The number of hydrogen-bond donors (Lipinski definition) is 3. The van der Waals surface area contributed by atoms with Crippen LogP contribution in [0.25, 0.3) is 0 Å². The van der Waals surface area contributed by atoms with Crippen LogP contribution < -0.4 is 16.2 Å². The average Bonchev–Trinajstić information content (AvgIpc) is 2.66. The summed E-state index contributed by atoms with van der Waals surface area (Å²) in [4.78, 5) is 35.7. The van der Waals surface area contributed by atoms with Gasteiger partial charge in [0, 0.05) is 24.1 Å². The van der Waals surface area contributed by atoms with E-state index in [9.17, 15) is 14.4 Å². The Labute approximate surface area is 159 Å². The highest BCUT2D eigenvalue weighted by atomic mass is 16.2. The minimum atomic E-state index is -0.396. The average molecular weight is 367 g/mol. The van der Waals surface area contributed by atoms with Gasteiger partial charge >= 0.3 is 0 Å². The zero-order chi connectivity index (χ0) is 19.9. The number of carbonyl (C=O) groups is 3. The third-order valence-electron chi connectivity index (χ3n) is 4.00. The monoisotopic (exact) mass is 367 g/mol. The largest absolute Gasteiger partial charge is 0.352 e. The maximum Gasteiger partial charge on any atom is 0.269 e. The van der Waals surface area contributed by atoms with Crippen LogP contribution in [-0.4, -0.2) is 24.3 Å². The molecule has 3 N–H and O–H groups in total. The van der Waals surface area contributed by atoms with Crippen molar-refractivity contribution in [1.82, 2.24) is 16.2 Å². The summed E-state index contributed by atoms with van der Waals surface area (Å²) < 4.78 is 0. The van der Waals surface area contributed by atoms with Gasteiger partial charge in [0.25, 0.3) is 11.8 Å². The second kappa shape index (κ2) is 8.98. The molecule has 2 rings (SSSR count). The summed E-state index contributed by atoms with van der Waals surface area (Å²) in [6, 6.07) is 16.0. The molecule has 0 aromatic heterocycles. The Kier molecular flexibility index (Phi) is 6.71. The molecule has 0 bridgehead atoms. The molecule has 0 aliphatic carbocycles. The minimum Gasteiger partial charge on any atom is -0.352 e.